The fraction of sp³-hybridized carbons (Fsp3) is 0.316. The molecule has 0 aliphatic carbocycles. The average Bonchev–Trinajstić information content (AvgIpc) is 2.60. The van der Waals surface area contributed by atoms with Crippen LogP contribution >= 0.6 is 0 Å². The Morgan fingerprint density at radius 1 is 0.931 bits per heavy atom. The third kappa shape index (κ3) is 6.88. The molecule has 2 N–H and O–H groups in total. The van der Waals surface area contributed by atoms with Gasteiger partial charge in [0.2, 0.25) is 0 Å². The lowest BCUT2D eigenvalue weighted by Gasteiger charge is -2.26. The van der Waals surface area contributed by atoms with Crippen LogP contribution in [0.5, 0.6) is 5.75 Å². The van der Waals surface area contributed by atoms with Crippen molar-refractivity contribution >= 4 is 11.7 Å². The minimum atomic E-state index is -4.82. The zero-order valence-electron chi connectivity index (χ0n) is 15.4. The lowest BCUT2D eigenvalue weighted by molar-refractivity contribution is -0.274. The maximum Gasteiger partial charge on any atom is 0.573 e. The molecule has 0 atom stereocenters. The van der Waals surface area contributed by atoms with Crippen LogP contribution in [0.4, 0.5) is 36.8 Å². The quantitative estimate of drug-likeness (QED) is 0.610. The molecule has 0 aliphatic rings. The van der Waals surface area contributed by atoms with Crippen LogP contribution in [0.1, 0.15) is 25.0 Å². The smallest absolute Gasteiger partial charge is 0.406 e. The summed E-state index contributed by atoms with van der Waals surface area (Å²) in [5.74, 6) is -0.436. The molecule has 2 amide bonds. The van der Waals surface area contributed by atoms with E-state index in [4.69, 9.17) is 0 Å². The first-order chi connectivity index (χ1) is 13.3. The monoisotopic (exact) mass is 420 g/mol. The molecular formula is C19H18F6N2O2. The Labute approximate surface area is 162 Å². The Hall–Kier alpha value is -2.91. The van der Waals surface area contributed by atoms with Crippen LogP contribution in [0.3, 0.4) is 0 Å². The number of carbonyl (C=O) groups is 1. The minimum absolute atomic E-state index is 0.0232. The highest BCUT2D eigenvalue weighted by Crippen LogP contribution is 2.32. The SMILES string of the molecule is CC(C)(CNC(=O)Nc1ccc(OC(F)(F)F)cc1)c1cccc(C(F)(F)F)c1. The van der Waals surface area contributed by atoms with Gasteiger partial charge in [0, 0.05) is 17.6 Å². The van der Waals surface area contributed by atoms with Crippen molar-refractivity contribution in [3.8, 4) is 5.75 Å². The molecule has 158 valence electrons. The van der Waals surface area contributed by atoms with Gasteiger partial charge in [-0.1, -0.05) is 32.0 Å². The van der Waals surface area contributed by atoms with Crippen LogP contribution in [0.25, 0.3) is 0 Å². The first-order valence-corrected chi connectivity index (χ1v) is 8.35. The van der Waals surface area contributed by atoms with E-state index in [-0.39, 0.29) is 12.2 Å². The van der Waals surface area contributed by atoms with Gasteiger partial charge in [0.05, 0.1) is 5.56 Å². The number of urea groups is 1. The Kier molecular flexibility index (Phi) is 6.34. The molecule has 0 spiro atoms. The van der Waals surface area contributed by atoms with Crippen molar-refractivity contribution in [2.24, 2.45) is 0 Å². The highest BCUT2D eigenvalue weighted by Gasteiger charge is 2.32. The molecule has 0 saturated carbocycles. The zero-order valence-corrected chi connectivity index (χ0v) is 15.4. The molecule has 0 fully saturated rings. The van der Waals surface area contributed by atoms with E-state index in [0.717, 1.165) is 24.3 Å². The van der Waals surface area contributed by atoms with Gasteiger partial charge in [-0.15, -0.1) is 13.2 Å². The van der Waals surface area contributed by atoms with E-state index in [0.29, 0.717) is 5.56 Å². The van der Waals surface area contributed by atoms with Crippen molar-refractivity contribution in [1.82, 2.24) is 5.32 Å². The molecule has 29 heavy (non-hydrogen) atoms. The van der Waals surface area contributed by atoms with E-state index < -0.39 is 35.3 Å². The van der Waals surface area contributed by atoms with Crippen molar-refractivity contribution in [3.05, 3.63) is 59.7 Å². The summed E-state index contributed by atoms with van der Waals surface area (Å²) in [6.45, 7) is 3.37. The Bertz CT molecular complexity index is 845. The second-order valence-electron chi connectivity index (χ2n) is 6.84. The number of amides is 2. The number of ether oxygens (including phenoxy) is 1. The predicted octanol–water partition coefficient (Wildman–Crippen LogP) is 5.70. The Balaban J connectivity index is 1.96. The molecule has 0 aliphatic heterocycles. The minimum Gasteiger partial charge on any atom is -0.406 e. The number of carbonyl (C=O) groups excluding carboxylic acids is 1. The third-order valence-electron chi connectivity index (χ3n) is 4.01. The van der Waals surface area contributed by atoms with Crippen molar-refractivity contribution in [3.63, 3.8) is 0 Å². The molecule has 2 rings (SSSR count). The highest BCUT2D eigenvalue weighted by atomic mass is 19.4. The number of hydrogen-bond acceptors (Lipinski definition) is 2. The average molecular weight is 420 g/mol. The summed E-state index contributed by atoms with van der Waals surface area (Å²) in [6.07, 6.45) is -9.29. The summed E-state index contributed by atoms with van der Waals surface area (Å²) < 4.78 is 78.8. The van der Waals surface area contributed by atoms with E-state index in [1.54, 1.807) is 13.8 Å². The molecule has 0 heterocycles. The van der Waals surface area contributed by atoms with E-state index in [1.807, 2.05) is 0 Å². The van der Waals surface area contributed by atoms with Gasteiger partial charge in [-0.05, 0) is 35.9 Å². The van der Waals surface area contributed by atoms with Gasteiger partial charge >= 0.3 is 18.6 Å². The van der Waals surface area contributed by atoms with E-state index in [2.05, 4.69) is 15.4 Å². The number of hydrogen-bond donors (Lipinski definition) is 2. The van der Waals surface area contributed by atoms with Gasteiger partial charge in [0.1, 0.15) is 5.75 Å². The van der Waals surface area contributed by atoms with Gasteiger partial charge in [0.15, 0.2) is 0 Å². The first kappa shape index (κ1) is 22.4. The lowest BCUT2D eigenvalue weighted by Crippen LogP contribution is -2.39. The van der Waals surface area contributed by atoms with Gasteiger partial charge in [-0.2, -0.15) is 13.2 Å². The van der Waals surface area contributed by atoms with Gasteiger partial charge in [0.25, 0.3) is 0 Å². The molecular weight excluding hydrogens is 402 g/mol. The highest BCUT2D eigenvalue weighted by molar-refractivity contribution is 5.89. The number of rotatable bonds is 5. The first-order valence-electron chi connectivity index (χ1n) is 8.35. The molecule has 0 unspecified atom stereocenters. The zero-order chi connectivity index (χ0) is 21.9. The molecule has 2 aromatic rings. The summed E-state index contributed by atoms with van der Waals surface area (Å²) >= 11 is 0. The fourth-order valence-electron chi connectivity index (χ4n) is 2.44. The molecule has 4 nitrogen and oxygen atoms in total. The summed E-state index contributed by atoms with van der Waals surface area (Å²) in [7, 11) is 0. The number of benzene rings is 2. The molecule has 2 aromatic carbocycles. The number of alkyl halides is 6. The van der Waals surface area contributed by atoms with Crippen molar-refractivity contribution in [1.29, 1.82) is 0 Å². The van der Waals surface area contributed by atoms with Crippen LogP contribution in [0.15, 0.2) is 48.5 Å². The Morgan fingerprint density at radius 3 is 2.07 bits per heavy atom. The summed E-state index contributed by atoms with van der Waals surface area (Å²) in [4.78, 5) is 12.0. The van der Waals surface area contributed by atoms with Crippen molar-refractivity contribution < 1.29 is 35.9 Å². The predicted molar refractivity (Wildman–Crippen MR) is 94.6 cm³/mol. The molecule has 0 radical (unpaired) electrons. The van der Waals surface area contributed by atoms with Crippen LogP contribution < -0.4 is 15.4 Å². The van der Waals surface area contributed by atoms with Crippen LogP contribution in [-0.2, 0) is 11.6 Å². The van der Waals surface area contributed by atoms with Gasteiger partial charge in [-0.25, -0.2) is 4.79 Å². The van der Waals surface area contributed by atoms with Crippen LogP contribution in [0, 0.1) is 0 Å². The summed E-state index contributed by atoms with van der Waals surface area (Å²) in [5, 5.41) is 4.96. The van der Waals surface area contributed by atoms with Crippen LogP contribution in [0.2, 0.25) is 0 Å². The molecule has 0 aromatic heterocycles. The van der Waals surface area contributed by atoms with Gasteiger partial charge in [-0.3, -0.25) is 0 Å². The summed E-state index contributed by atoms with van der Waals surface area (Å²) in [6, 6.07) is 8.68. The number of anilines is 1. The molecule has 10 heteroatoms. The molecule has 0 bridgehead atoms. The van der Waals surface area contributed by atoms with Crippen molar-refractivity contribution in [2.45, 2.75) is 31.8 Å². The maximum absolute atomic E-state index is 12.9. The normalized spacial score (nSPS) is 12.4. The van der Waals surface area contributed by atoms with Crippen molar-refractivity contribution in [2.75, 3.05) is 11.9 Å². The van der Waals surface area contributed by atoms with Crippen LogP contribution in [-0.4, -0.2) is 18.9 Å². The maximum atomic E-state index is 12.9. The number of halogens is 6. The number of nitrogens with one attached hydrogen (secondary N) is 2. The second kappa shape index (κ2) is 8.22. The van der Waals surface area contributed by atoms with Gasteiger partial charge < -0.3 is 15.4 Å². The standard InChI is InChI=1S/C19H18F6N2O2/c1-17(2,12-4-3-5-13(10-12)18(20,21)22)11-26-16(28)27-14-6-8-15(9-7-14)29-19(23,24)25/h3-10H,11H2,1-2H3,(H2,26,27,28). The molecule has 0 saturated heterocycles. The topological polar surface area (TPSA) is 50.4 Å². The van der Waals surface area contributed by atoms with E-state index >= 15 is 0 Å². The van der Waals surface area contributed by atoms with E-state index in [9.17, 15) is 31.1 Å². The Morgan fingerprint density at radius 2 is 1.52 bits per heavy atom. The lowest BCUT2D eigenvalue weighted by atomic mass is 9.84. The second-order valence-corrected chi connectivity index (χ2v) is 6.84. The third-order valence-corrected chi connectivity index (χ3v) is 4.01. The largest absolute Gasteiger partial charge is 0.573 e. The van der Waals surface area contributed by atoms with E-state index in [1.165, 1.54) is 24.3 Å². The fourth-order valence-corrected chi connectivity index (χ4v) is 2.44. The summed E-state index contributed by atoms with van der Waals surface area (Å²) in [5.41, 5.74) is -0.980.